The maximum atomic E-state index is 13.3. The summed E-state index contributed by atoms with van der Waals surface area (Å²) in [5.41, 5.74) is -6.57. The van der Waals surface area contributed by atoms with Gasteiger partial charge in [-0.3, -0.25) is 0 Å². The maximum Gasteiger partial charge on any atom is 0.508 e. The Morgan fingerprint density at radius 1 is 0.252 bits per heavy atom. The molecule has 0 aromatic heterocycles. The fourth-order valence-electron chi connectivity index (χ4n) is 17.6. The third kappa shape index (κ3) is 29.1. The van der Waals surface area contributed by atoms with Gasteiger partial charge in [-0.15, -0.1) is 0 Å². The number of hydrogen-bond donors (Lipinski definition) is 14. The smallest absolute Gasteiger partial charge is 0.431 e. The first-order chi connectivity index (χ1) is 60.6. The van der Waals surface area contributed by atoms with Crippen LogP contribution in [0.4, 0.5) is 28.8 Å². The number of carbonyl (C=O) groups is 7. The molecule has 35 atom stereocenters. The van der Waals surface area contributed by atoms with Gasteiger partial charge in [0.15, 0.2) is 44.0 Å². The Kier molecular flexibility index (Phi) is 35.6. The molecule has 131 heavy (non-hydrogen) atoms. The predicted octanol–water partition coefficient (Wildman–Crippen LogP) is 0.345. The summed E-state index contributed by atoms with van der Waals surface area (Å²) in [5, 5.41) is 170. The second-order valence-corrected chi connectivity index (χ2v) is 41.2. The number of carbonyl (C=O) groups excluding carboxylic acids is 7. The Labute approximate surface area is 756 Å². The van der Waals surface area contributed by atoms with Crippen LogP contribution in [0.25, 0.3) is 0 Å². The van der Waals surface area contributed by atoms with Crippen LogP contribution in [0.3, 0.4) is 0 Å². The predicted molar refractivity (Wildman–Crippen MR) is 429 cm³/mol. The SMILES string of the molecule is CC(C)(C)OC(=O)OCC1OC2OC3C(COC(=O)OC(C)(C)C)OC(OC4C(COC(=O)OC(C)(C)C)OC(OC5C(COC(=O)OC(C)(C)C)OC(OC6C(COC(=O)OC(C)(C)C)OC(OC7C(COC(=O)OC(C)(C)C)OC(OC8C(CC=O)OC(OC1C(O)C2O)C(O)C8O)C(O)C7O)C(O)C6O)C(O)C5O)C(O)C4O)C(O)C3O.CC12CC3CC(CC(C3)C1)C2. The molecular formula is C84H136O47. The van der Waals surface area contributed by atoms with Crippen LogP contribution in [0, 0.1) is 23.2 Å². The van der Waals surface area contributed by atoms with Gasteiger partial charge in [0.1, 0.15) is 244 Å². The summed E-state index contributed by atoms with van der Waals surface area (Å²) in [6, 6.07) is 0. The molecule has 0 aromatic rings. The van der Waals surface area contributed by atoms with E-state index in [-0.39, 0.29) is 6.29 Å². The molecule has 4 aliphatic carbocycles. The summed E-state index contributed by atoms with van der Waals surface area (Å²) in [7, 11) is 0. The molecule has 47 nitrogen and oxygen atoms in total. The highest BCUT2D eigenvalue weighted by atomic mass is 16.8. The van der Waals surface area contributed by atoms with Crippen molar-refractivity contribution < 1.29 is 228 Å². The lowest BCUT2D eigenvalue weighted by atomic mass is 9.50. The Morgan fingerprint density at radius 3 is 0.534 bits per heavy atom. The van der Waals surface area contributed by atoms with Crippen molar-refractivity contribution in [2.24, 2.45) is 23.2 Å². The molecule has 25 fully saturated rings. The molecule has 18 bridgehead atoms. The Bertz CT molecular complexity index is 3580. The van der Waals surface area contributed by atoms with Crippen molar-refractivity contribution in [2.75, 3.05) is 39.6 Å². The minimum Gasteiger partial charge on any atom is -0.431 e. The van der Waals surface area contributed by atoms with Gasteiger partial charge in [0.2, 0.25) is 0 Å². The third-order valence-corrected chi connectivity index (χ3v) is 22.7. The van der Waals surface area contributed by atoms with Crippen molar-refractivity contribution in [3.05, 3.63) is 0 Å². The van der Waals surface area contributed by atoms with Crippen LogP contribution < -0.4 is 0 Å². The first-order valence-electron chi connectivity index (χ1n) is 43.9. The van der Waals surface area contributed by atoms with Gasteiger partial charge in [-0.25, -0.2) is 28.8 Å². The molecule has 25 aliphatic rings. The fourth-order valence-corrected chi connectivity index (χ4v) is 17.6. The lowest BCUT2D eigenvalue weighted by Crippen LogP contribution is -2.68. The minimum absolute atomic E-state index is 0.231. The number of rotatable bonds is 14. The van der Waals surface area contributed by atoms with E-state index in [1.165, 1.54) is 125 Å². The molecule has 25 rings (SSSR count). The summed E-state index contributed by atoms with van der Waals surface area (Å²) >= 11 is 0. The summed E-state index contributed by atoms with van der Waals surface area (Å²) in [6.45, 7) is 22.5. The number of aldehydes is 1. The Balaban J connectivity index is 0.00000148. The van der Waals surface area contributed by atoms with Crippen LogP contribution in [0.2, 0.25) is 0 Å². The first-order valence-corrected chi connectivity index (χ1v) is 43.9. The average molecular weight is 1900 g/mol. The van der Waals surface area contributed by atoms with Crippen molar-refractivity contribution in [1.29, 1.82) is 0 Å². The number of hydrogen-bond acceptors (Lipinski definition) is 47. The summed E-state index contributed by atoms with van der Waals surface area (Å²) in [6.07, 6.45) is -78.7. The van der Waals surface area contributed by atoms with Crippen molar-refractivity contribution in [3.63, 3.8) is 0 Å². The monoisotopic (exact) mass is 1900 g/mol. The van der Waals surface area contributed by atoms with E-state index in [4.69, 9.17) is 123 Å². The van der Waals surface area contributed by atoms with Gasteiger partial charge in [0, 0.05) is 6.42 Å². The van der Waals surface area contributed by atoms with Crippen LogP contribution in [0.15, 0.2) is 0 Å². The largest absolute Gasteiger partial charge is 0.508 e. The van der Waals surface area contributed by atoms with E-state index in [1.54, 1.807) is 38.5 Å². The van der Waals surface area contributed by atoms with Crippen molar-refractivity contribution in [3.8, 4) is 0 Å². The molecule has 0 aromatic carbocycles. The minimum atomic E-state index is -2.48. The third-order valence-electron chi connectivity index (χ3n) is 22.7. The number of ether oxygens (including phenoxy) is 26. The zero-order chi connectivity index (χ0) is 97.2. The van der Waals surface area contributed by atoms with Crippen LogP contribution in [-0.2, 0) is 128 Å². The van der Waals surface area contributed by atoms with Crippen molar-refractivity contribution >= 4 is 43.2 Å². The molecule has 21 heterocycles. The highest BCUT2D eigenvalue weighted by Gasteiger charge is 2.62. The fraction of sp³-hybridized carbons (Fsp3) is 0.917. The summed E-state index contributed by atoms with van der Waals surface area (Å²) in [5.74, 6) is 3.43. The second kappa shape index (κ2) is 43.5. The second-order valence-electron chi connectivity index (χ2n) is 41.2. The van der Waals surface area contributed by atoms with Crippen LogP contribution >= 0.6 is 0 Å². The van der Waals surface area contributed by atoms with E-state index >= 15 is 0 Å². The molecule has 0 radical (unpaired) electrons. The van der Waals surface area contributed by atoms with Gasteiger partial charge in [0.05, 0.1) is 6.10 Å². The number of aliphatic hydroxyl groups excluding tert-OH is 14. The van der Waals surface area contributed by atoms with Gasteiger partial charge in [0.25, 0.3) is 0 Å². The summed E-state index contributed by atoms with van der Waals surface area (Å²) in [4.78, 5) is 92.3. The van der Waals surface area contributed by atoms with Crippen molar-refractivity contribution in [2.45, 2.75) is 425 Å². The molecule has 21 aliphatic heterocycles. The first kappa shape index (κ1) is 107. The standard InChI is InChI=1S/C73H118O47.C11H18/c1-68(2,3)115-62(89)95-21-28-49-36(77)43(84)57(103-28)111-51-30(23-97-64(91)117-70(7,8)9)105-59(45(86)38(51)79)113-53-32(25-99-66(93)119-72(13,14)15)107-61(47(88)40(53)81)114-54-33(26-100-67(94)120-73(16,17)18)106-60(46(87)39(54)80)112-52-31(24-98-65(92)118-71(10,11)12)104-58(44(85)37(52)78)110-50-29(22-96-63(90)116-69(4,5)6)102-56(42(83)35(50)76)108-48-27(19-20-74)101-55(109-49)41(82)34(48)75;1-11-5-8-2-9(6-11)4-10(3-8)7-11/h20,27-61,75-88H,19,21-26H2,1-18H3;8-10H,2-7H2,1H3. The quantitative estimate of drug-likeness (QED) is 0.0634. The Morgan fingerprint density at radius 2 is 0.397 bits per heavy atom. The zero-order valence-corrected chi connectivity index (χ0v) is 76.9. The summed E-state index contributed by atoms with van der Waals surface area (Å²) < 4.78 is 150. The van der Waals surface area contributed by atoms with Gasteiger partial charge in [-0.2, -0.15) is 0 Å². The van der Waals surface area contributed by atoms with Crippen LogP contribution in [0.1, 0.15) is 176 Å². The average Bonchev–Trinajstić information content (AvgIpc) is 0.917. The van der Waals surface area contributed by atoms with E-state index in [0.29, 0.717) is 0 Å². The molecule has 47 heteroatoms. The number of aliphatic hydroxyl groups is 14. The molecule has 4 saturated carbocycles. The van der Waals surface area contributed by atoms with E-state index in [0.717, 1.165) is 23.2 Å². The highest BCUT2D eigenvalue weighted by Crippen LogP contribution is 2.60. The van der Waals surface area contributed by atoms with Crippen LogP contribution in [-0.4, -0.2) is 403 Å². The molecular weight excluding hydrogens is 1760 g/mol. The van der Waals surface area contributed by atoms with Crippen LogP contribution in [0.5, 0.6) is 0 Å². The highest BCUT2D eigenvalue weighted by molar-refractivity contribution is 5.62. The van der Waals surface area contributed by atoms with Gasteiger partial charge in [-0.1, -0.05) is 6.92 Å². The molecule has 754 valence electrons. The van der Waals surface area contributed by atoms with E-state index < -0.39 is 332 Å². The topological polar surface area (TPSA) is 643 Å². The Hall–Kier alpha value is -5.83. The van der Waals surface area contributed by atoms with E-state index in [9.17, 15) is 105 Å². The lowest BCUT2D eigenvalue weighted by Gasteiger charge is -2.55. The van der Waals surface area contributed by atoms with Gasteiger partial charge >= 0.3 is 36.9 Å². The maximum absolute atomic E-state index is 13.3. The lowest BCUT2D eigenvalue weighted by molar-refractivity contribution is -0.396. The normalized spacial score (nSPS) is 41.8. The van der Waals surface area contributed by atoms with Gasteiger partial charge in [-0.05, 0) is 186 Å². The molecule has 0 spiro atoms. The molecule has 35 unspecified atom stereocenters. The van der Waals surface area contributed by atoms with Gasteiger partial charge < -0.3 is 199 Å². The van der Waals surface area contributed by atoms with Crippen molar-refractivity contribution in [1.82, 2.24) is 0 Å². The molecule has 14 N–H and O–H groups in total. The molecule has 21 saturated heterocycles. The van der Waals surface area contributed by atoms with E-state index in [1.807, 2.05) is 0 Å². The van der Waals surface area contributed by atoms with E-state index in [2.05, 4.69) is 6.92 Å². The zero-order valence-electron chi connectivity index (χ0n) is 76.9. The molecule has 0 amide bonds.